The number of nitrogens with zero attached hydrogens (tertiary/aromatic N) is 1. The molecular weight excluding hydrogens is 382 g/mol. The van der Waals surface area contributed by atoms with E-state index < -0.39 is 29.9 Å². The number of para-hydroxylation sites is 2. The van der Waals surface area contributed by atoms with Crippen molar-refractivity contribution in [3.05, 3.63) is 72.3 Å². The molecule has 1 aliphatic rings. The van der Waals surface area contributed by atoms with E-state index in [-0.39, 0.29) is 0 Å². The van der Waals surface area contributed by atoms with Crippen LogP contribution in [0.15, 0.2) is 66.7 Å². The molecule has 3 aromatic carbocycles. The number of anilines is 1. The fourth-order valence-electron chi connectivity index (χ4n) is 3.77. The molecule has 0 aliphatic carbocycles. The zero-order valence-corrected chi connectivity index (χ0v) is 16.6. The molecule has 152 valence electrons. The topological polar surface area (TPSA) is 87.7 Å². The van der Waals surface area contributed by atoms with Gasteiger partial charge >= 0.3 is 6.03 Å². The number of hydrogen-bond donors (Lipinski definition) is 2. The second-order valence-electron chi connectivity index (χ2n) is 7.22. The predicted molar refractivity (Wildman–Crippen MR) is 113 cm³/mol. The van der Waals surface area contributed by atoms with Crippen molar-refractivity contribution in [3.8, 4) is 5.75 Å². The van der Waals surface area contributed by atoms with E-state index >= 15 is 0 Å². The van der Waals surface area contributed by atoms with Crippen LogP contribution in [0.1, 0.15) is 12.5 Å². The maximum Gasteiger partial charge on any atom is 0.325 e. The second kappa shape index (κ2) is 7.51. The first-order valence-corrected chi connectivity index (χ1v) is 9.49. The molecule has 7 nitrogen and oxygen atoms in total. The molecule has 0 unspecified atom stereocenters. The van der Waals surface area contributed by atoms with Gasteiger partial charge in [-0.15, -0.1) is 0 Å². The van der Waals surface area contributed by atoms with Gasteiger partial charge in [-0.05, 0) is 35.4 Å². The summed E-state index contributed by atoms with van der Waals surface area (Å²) in [6.45, 7) is 1.26. The van der Waals surface area contributed by atoms with Gasteiger partial charge in [0.25, 0.3) is 5.91 Å². The van der Waals surface area contributed by atoms with Crippen molar-refractivity contribution < 1.29 is 19.1 Å². The van der Waals surface area contributed by atoms with Crippen molar-refractivity contribution in [3.63, 3.8) is 0 Å². The van der Waals surface area contributed by atoms with Gasteiger partial charge in [-0.1, -0.05) is 54.6 Å². The van der Waals surface area contributed by atoms with Crippen molar-refractivity contribution in [1.29, 1.82) is 0 Å². The van der Waals surface area contributed by atoms with Gasteiger partial charge in [0.2, 0.25) is 5.91 Å². The van der Waals surface area contributed by atoms with Gasteiger partial charge in [-0.25, -0.2) is 4.79 Å². The summed E-state index contributed by atoms with van der Waals surface area (Å²) >= 11 is 0. The number of nitrogens with one attached hydrogen (secondary N) is 2. The van der Waals surface area contributed by atoms with Gasteiger partial charge in [0.15, 0.2) is 0 Å². The van der Waals surface area contributed by atoms with Crippen LogP contribution in [0.25, 0.3) is 10.8 Å². The quantitative estimate of drug-likeness (QED) is 0.640. The number of carbonyl (C=O) groups excluding carboxylic acids is 3. The lowest BCUT2D eigenvalue weighted by atomic mass is 9.88. The van der Waals surface area contributed by atoms with Crippen LogP contribution in [0.5, 0.6) is 5.75 Å². The first-order valence-electron chi connectivity index (χ1n) is 9.49. The van der Waals surface area contributed by atoms with E-state index in [1.165, 1.54) is 7.11 Å². The summed E-state index contributed by atoms with van der Waals surface area (Å²) in [6.07, 6.45) is 0. The van der Waals surface area contributed by atoms with Crippen LogP contribution in [0.2, 0.25) is 0 Å². The number of imide groups is 1. The van der Waals surface area contributed by atoms with Gasteiger partial charge in [0.05, 0.1) is 12.8 Å². The molecule has 1 atom stereocenters. The molecular formula is C23H21N3O4. The van der Waals surface area contributed by atoms with Gasteiger partial charge in [-0.2, -0.15) is 0 Å². The highest BCUT2D eigenvalue weighted by atomic mass is 16.5. The van der Waals surface area contributed by atoms with Gasteiger partial charge in [0, 0.05) is 0 Å². The summed E-state index contributed by atoms with van der Waals surface area (Å²) in [6, 6.07) is 19.6. The Kier molecular flexibility index (Phi) is 4.87. The molecule has 0 radical (unpaired) electrons. The highest BCUT2D eigenvalue weighted by molar-refractivity contribution is 6.11. The monoisotopic (exact) mass is 403 g/mol. The Morgan fingerprint density at radius 3 is 2.53 bits per heavy atom. The Hall–Kier alpha value is -3.87. The minimum Gasteiger partial charge on any atom is -0.495 e. The summed E-state index contributed by atoms with van der Waals surface area (Å²) in [5.41, 5.74) is -0.108. The number of rotatable bonds is 5. The normalized spacial score (nSPS) is 18.4. The Balaban J connectivity index is 1.59. The summed E-state index contributed by atoms with van der Waals surface area (Å²) < 4.78 is 5.22. The van der Waals surface area contributed by atoms with E-state index in [4.69, 9.17) is 4.74 Å². The van der Waals surface area contributed by atoms with Crippen LogP contribution in [0.3, 0.4) is 0 Å². The van der Waals surface area contributed by atoms with Crippen LogP contribution in [-0.4, -0.2) is 36.4 Å². The Labute approximate surface area is 173 Å². The fourth-order valence-corrected chi connectivity index (χ4v) is 3.77. The highest BCUT2D eigenvalue weighted by Crippen LogP contribution is 2.34. The van der Waals surface area contributed by atoms with E-state index in [9.17, 15) is 14.4 Å². The minimum atomic E-state index is -1.26. The third-order valence-corrected chi connectivity index (χ3v) is 5.29. The average molecular weight is 403 g/mol. The largest absolute Gasteiger partial charge is 0.495 e. The fraction of sp³-hybridized carbons (Fsp3) is 0.174. The lowest BCUT2D eigenvalue weighted by molar-refractivity contribution is -0.133. The lowest BCUT2D eigenvalue weighted by Gasteiger charge is -2.24. The molecule has 1 saturated heterocycles. The van der Waals surface area contributed by atoms with Crippen molar-refractivity contribution in [2.45, 2.75) is 12.5 Å². The second-order valence-corrected chi connectivity index (χ2v) is 7.22. The third-order valence-electron chi connectivity index (χ3n) is 5.29. The van der Waals surface area contributed by atoms with Crippen LogP contribution in [0, 0.1) is 0 Å². The molecule has 0 saturated carbocycles. The van der Waals surface area contributed by atoms with Gasteiger partial charge < -0.3 is 15.4 Å². The first-order chi connectivity index (χ1) is 14.4. The molecule has 0 spiro atoms. The standard InChI is InChI=1S/C23H21N3O4/c1-23(17-11-7-9-15-8-3-4-10-16(15)17)21(28)26(22(29)25-23)14-20(27)24-18-12-5-6-13-19(18)30-2/h3-13H,14H2,1-2H3,(H,24,27)(H,25,29)/t23-/m0/s1. The van der Waals surface area contributed by atoms with Crippen LogP contribution < -0.4 is 15.4 Å². The lowest BCUT2D eigenvalue weighted by Crippen LogP contribution is -2.42. The number of benzene rings is 3. The Morgan fingerprint density at radius 2 is 1.73 bits per heavy atom. The third kappa shape index (κ3) is 3.24. The van der Waals surface area contributed by atoms with Crippen molar-refractivity contribution in [2.75, 3.05) is 19.0 Å². The Morgan fingerprint density at radius 1 is 1.03 bits per heavy atom. The zero-order valence-electron chi connectivity index (χ0n) is 16.6. The van der Waals surface area contributed by atoms with E-state index in [0.29, 0.717) is 17.0 Å². The Bertz CT molecular complexity index is 1150. The molecule has 0 aromatic heterocycles. The zero-order chi connectivity index (χ0) is 21.3. The van der Waals surface area contributed by atoms with Crippen LogP contribution in [-0.2, 0) is 15.1 Å². The molecule has 0 bridgehead atoms. The van der Waals surface area contributed by atoms with Crippen molar-refractivity contribution in [2.24, 2.45) is 0 Å². The first kappa shape index (κ1) is 19.4. The van der Waals surface area contributed by atoms with E-state index in [1.54, 1.807) is 31.2 Å². The highest BCUT2D eigenvalue weighted by Gasteiger charge is 2.50. The van der Waals surface area contributed by atoms with Gasteiger partial charge in [0.1, 0.15) is 17.8 Å². The molecule has 1 heterocycles. The maximum absolute atomic E-state index is 13.2. The van der Waals surface area contributed by atoms with Crippen LogP contribution in [0.4, 0.5) is 10.5 Å². The predicted octanol–water partition coefficient (Wildman–Crippen LogP) is 3.25. The summed E-state index contributed by atoms with van der Waals surface area (Å²) in [7, 11) is 1.50. The molecule has 4 rings (SSSR count). The van der Waals surface area contributed by atoms with Crippen LogP contribution >= 0.6 is 0 Å². The SMILES string of the molecule is COc1ccccc1NC(=O)CN1C(=O)N[C@@](C)(c2cccc3ccccc23)C1=O. The number of carbonyl (C=O) groups is 3. The minimum absolute atomic E-state index is 0.400. The number of methoxy groups -OCH3 is 1. The molecule has 1 fully saturated rings. The summed E-state index contributed by atoms with van der Waals surface area (Å²) in [4.78, 5) is 39.3. The van der Waals surface area contributed by atoms with E-state index in [0.717, 1.165) is 15.7 Å². The van der Waals surface area contributed by atoms with Crippen molar-refractivity contribution >= 4 is 34.3 Å². The maximum atomic E-state index is 13.2. The number of urea groups is 1. The molecule has 4 amide bonds. The average Bonchev–Trinajstić information content (AvgIpc) is 2.97. The molecule has 2 N–H and O–H groups in total. The van der Waals surface area contributed by atoms with E-state index in [1.807, 2.05) is 42.5 Å². The molecule has 3 aromatic rings. The number of hydrogen-bond acceptors (Lipinski definition) is 4. The molecule has 1 aliphatic heterocycles. The molecule has 7 heteroatoms. The van der Waals surface area contributed by atoms with Crippen molar-refractivity contribution in [1.82, 2.24) is 10.2 Å². The number of amides is 4. The van der Waals surface area contributed by atoms with Gasteiger partial charge in [-0.3, -0.25) is 14.5 Å². The summed E-state index contributed by atoms with van der Waals surface area (Å²) in [5.74, 6) is -0.479. The van der Waals surface area contributed by atoms with E-state index in [2.05, 4.69) is 10.6 Å². The number of fused-ring (bicyclic) bond motifs is 1. The smallest absolute Gasteiger partial charge is 0.325 e. The summed E-state index contributed by atoms with van der Waals surface area (Å²) in [5, 5.41) is 7.29. The molecule has 30 heavy (non-hydrogen) atoms. The number of ether oxygens (including phenoxy) is 1.